The fraction of sp³-hybridized carbons (Fsp3) is 0.357. The van der Waals surface area contributed by atoms with E-state index >= 15 is 0 Å². The second kappa shape index (κ2) is 6.67. The first-order chi connectivity index (χ1) is 9.59. The molecule has 2 rings (SSSR count). The maximum absolute atomic E-state index is 11.6. The van der Waals surface area contributed by atoms with E-state index in [1.54, 1.807) is 12.5 Å². The summed E-state index contributed by atoms with van der Waals surface area (Å²) in [6.07, 6.45) is 6.02. The van der Waals surface area contributed by atoms with Gasteiger partial charge in [0.1, 0.15) is 0 Å². The van der Waals surface area contributed by atoms with Crippen molar-refractivity contribution in [1.29, 1.82) is 0 Å². The third kappa shape index (κ3) is 4.47. The standard InChI is InChI=1S/C14H19N3O2S/c1-2-8-20(18,19)16-10-13-4-3-5-14(9-13)11-17-7-6-15-12-17/h3-7,9,12,16H,2,8,10-11H2,1H3. The molecule has 0 aliphatic heterocycles. The first-order valence-electron chi connectivity index (χ1n) is 6.60. The van der Waals surface area contributed by atoms with Crippen molar-refractivity contribution in [2.75, 3.05) is 5.75 Å². The average Bonchev–Trinajstić information content (AvgIpc) is 2.90. The average molecular weight is 293 g/mol. The molecule has 2 aromatic rings. The number of imidazole rings is 1. The van der Waals surface area contributed by atoms with E-state index in [0.717, 1.165) is 17.7 Å². The summed E-state index contributed by atoms with van der Waals surface area (Å²) in [7, 11) is -3.16. The van der Waals surface area contributed by atoms with Gasteiger partial charge in [0.25, 0.3) is 0 Å². The van der Waals surface area contributed by atoms with Crippen LogP contribution in [-0.4, -0.2) is 23.7 Å². The Morgan fingerprint density at radius 1 is 1.30 bits per heavy atom. The van der Waals surface area contributed by atoms with Crippen LogP contribution in [0.5, 0.6) is 0 Å². The Labute approximate surface area is 119 Å². The van der Waals surface area contributed by atoms with Crippen LogP contribution in [-0.2, 0) is 23.1 Å². The van der Waals surface area contributed by atoms with Crippen LogP contribution in [0.25, 0.3) is 0 Å². The van der Waals surface area contributed by atoms with Crippen LogP contribution in [0.15, 0.2) is 43.0 Å². The van der Waals surface area contributed by atoms with Gasteiger partial charge in [0.2, 0.25) is 10.0 Å². The fourth-order valence-corrected chi connectivity index (χ4v) is 3.03. The van der Waals surface area contributed by atoms with Crippen LogP contribution >= 0.6 is 0 Å². The summed E-state index contributed by atoms with van der Waals surface area (Å²) in [6.45, 7) is 2.92. The SMILES string of the molecule is CCCS(=O)(=O)NCc1cccc(Cn2ccnc2)c1. The quantitative estimate of drug-likeness (QED) is 0.846. The minimum atomic E-state index is -3.16. The Kier molecular flexibility index (Phi) is 4.92. The molecule has 0 saturated carbocycles. The van der Waals surface area contributed by atoms with E-state index < -0.39 is 10.0 Å². The van der Waals surface area contributed by atoms with Gasteiger partial charge in [-0.25, -0.2) is 18.1 Å². The van der Waals surface area contributed by atoms with Gasteiger partial charge < -0.3 is 4.57 Å². The van der Waals surface area contributed by atoms with Gasteiger partial charge in [-0.2, -0.15) is 0 Å². The topological polar surface area (TPSA) is 64.0 Å². The lowest BCUT2D eigenvalue weighted by atomic mass is 10.1. The largest absolute Gasteiger partial charge is 0.333 e. The molecule has 0 amide bonds. The van der Waals surface area contributed by atoms with Gasteiger partial charge >= 0.3 is 0 Å². The molecule has 0 radical (unpaired) electrons. The van der Waals surface area contributed by atoms with Crippen LogP contribution in [0.1, 0.15) is 24.5 Å². The highest BCUT2D eigenvalue weighted by atomic mass is 32.2. The third-order valence-electron chi connectivity index (χ3n) is 2.88. The van der Waals surface area contributed by atoms with Crippen molar-refractivity contribution in [3.63, 3.8) is 0 Å². The Morgan fingerprint density at radius 2 is 2.10 bits per heavy atom. The molecule has 0 saturated heterocycles. The second-order valence-corrected chi connectivity index (χ2v) is 6.62. The van der Waals surface area contributed by atoms with E-state index in [1.807, 2.05) is 42.0 Å². The van der Waals surface area contributed by atoms with E-state index in [9.17, 15) is 8.42 Å². The first kappa shape index (κ1) is 14.7. The molecule has 1 aromatic heterocycles. The smallest absolute Gasteiger partial charge is 0.211 e. The predicted octanol–water partition coefficient (Wildman–Crippen LogP) is 1.76. The van der Waals surface area contributed by atoms with E-state index in [2.05, 4.69) is 9.71 Å². The Balaban J connectivity index is 1.99. The van der Waals surface area contributed by atoms with E-state index in [1.165, 1.54) is 0 Å². The highest BCUT2D eigenvalue weighted by molar-refractivity contribution is 7.89. The van der Waals surface area contributed by atoms with Gasteiger partial charge in [-0.1, -0.05) is 31.2 Å². The summed E-state index contributed by atoms with van der Waals surface area (Å²) in [4.78, 5) is 4.00. The summed E-state index contributed by atoms with van der Waals surface area (Å²) in [5, 5.41) is 0. The minimum absolute atomic E-state index is 0.168. The predicted molar refractivity (Wildman–Crippen MR) is 78.7 cm³/mol. The van der Waals surface area contributed by atoms with Gasteiger partial charge in [-0.15, -0.1) is 0 Å². The van der Waals surface area contributed by atoms with Crippen molar-refractivity contribution in [2.45, 2.75) is 26.4 Å². The summed E-state index contributed by atoms with van der Waals surface area (Å²) in [5.74, 6) is 0.168. The molecular formula is C14H19N3O2S. The zero-order valence-corrected chi connectivity index (χ0v) is 12.3. The zero-order chi connectivity index (χ0) is 14.4. The number of nitrogens with zero attached hydrogens (tertiary/aromatic N) is 2. The van der Waals surface area contributed by atoms with E-state index in [-0.39, 0.29) is 5.75 Å². The Hall–Kier alpha value is -1.66. The number of sulfonamides is 1. The van der Waals surface area contributed by atoms with Gasteiger partial charge in [-0.05, 0) is 17.5 Å². The van der Waals surface area contributed by atoms with Crippen molar-refractivity contribution in [1.82, 2.24) is 14.3 Å². The monoisotopic (exact) mass is 293 g/mol. The van der Waals surface area contributed by atoms with Crippen molar-refractivity contribution < 1.29 is 8.42 Å². The second-order valence-electron chi connectivity index (χ2n) is 4.69. The van der Waals surface area contributed by atoms with Gasteiger partial charge in [-0.3, -0.25) is 0 Å². The van der Waals surface area contributed by atoms with Crippen molar-refractivity contribution in [3.05, 3.63) is 54.1 Å². The minimum Gasteiger partial charge on any atom is -0.333 e. The fourth-order valence-electron chi connectivity index (χ4n) is 1.96. The molecule has 0 aliphatic rings. The molecular weight excluding hydrogens is 274 g/mol. The first-order valence-corrected chi connectivity index (χ1v) is 8.25. The summed E-state index contributed by atoms with van der Waals surface area (Å²) in [5.41, 5.74) is 2.08. The molecule has 0 aliphatic carbocycles. The molecule has 0 fully saturated rings. The molecule has 6 heteroatoms. The maximum atomic E-state index is 11.6. The lowest BCUT2D eigenvalue weighted by molar-refractivity contribution is 0.580. The molecule has 0 spiro atoms. The lowest BCUT2D eigenvalue weighted by Gasteiger charge is -2.08. The molecule has 5 nitrogen and oxygen atoms in total. The van der Waals surface area contributed by atoms with Crippen LogP contribution in [0, 0.1) is 0 Å². The van der Waals surface area contributed by atoms with Crippen molar-refractivity contribution in [2.24, 2.45) is 0 Å². The van der Waals surface area contributed by atoms with Crippen LogP contribution < -0.4 is 4.72 Å². The third-order valence-corrected chi connectivity index (χ3v) is 4.41. The molecule has 1 aromatic carbocycles. The number of hydrogen-bond acceptors (Lipinski definition) is 3. The van der Waals surface area contributed by atoms with E-state index in [4.69, 9.17) is 0 Å². The molecule has 0 atom stereocenters. The number of benzene rings is 1. The normalized spacial score (nSPS) is 11.7. The van der Waals surface area contributed by atoms with Gasteiger partial charge in [0.05, 0.1) is 12.1 Å². The summed E-state index contributed by atoms with van der Waals surface area (Å²) >= 11 is 0. The van der Waals surface area contributed by atoms with Gasteiger partial charge in [0.15, 0.2) is 0 Å². The highest BCUT2D eigenvalue weighted by Crippen LogP contribution is 2.07. The number of aromatic nitrogens is 2. The molecule has 108 valence electrons. The van der Waals surface area contributed by atoms with Crippen LogP contribution in [0.3, 0.4) is 0 Å². The van der Waals surface area contributed by atoms with Crippen LogP contribution in [0.4, 0.5) is 0 Å². The Bertz CT molecular complexity index is 636. The van der Waals surface area contributed by atoms with Crippen molar-refractivity contribution in [3.8, 4) is 0 Å². The maximum Gasteiger partial charge on any atom is 0.211 e. The van der Waals surface area contributed by atoms with Crippen LogP contribution in [0.2, 0.25) is 0 Å². The number of rotatable bonds is 7. The molecule has 1 heterocycles. The molecule has 0 bridgehead atoms. The summed E-state index contributed by atoms with van der Waals surface area (Å²) < 4.78 is 27.8. The molecule has 1 N–H and O–H groups in total. The Morgan fingerprint density at radius 3 is 2.80 bits per heavy atom. The van der Waals surface area contributed by atoms with Crippen molar-refractivity contribution >= 4 is 10.0 Å². The molecule has 20 heavy (non-hydrogen) atoms. The zero-order valence-electron chi connectivity index (χ0n) is 11.5. The van der Waals surface area contributed by atoms with Gasteiger partial charge in [0, 0.05) is 25.5 Å². The van der Waals surface area contributed by atoms with E-state index in [0.29, 0.717) is 13.0 Å². The highest BCUT2D eigenvalue weighted by Gasteiger charge is 2.08. The lowest BCUT2D eigenvalue weighted by Crippen LogP contribution is -2.25. The number of nitrogens with one attached hydrogen (secondary N) is 1. The summed E-state index contributed by atoms with van der Waals surface area (Å²) in [6, 6.07) is 7.89. The number of hydrogen-bond donors (Lipinski definition) is 1. The molecule has 0 unspecified atom stereocenters.